The molecule has 13 heavy (non-hydrogen) atoms. The molecule has 4 nitrogen and oxygen atoms in total. The van der Waals surface area contributed by atoms with Gasteiger partial charge in [-0.25, -0.2) is 0 Å². The van der Waals surface area contributed by atoms with E-state index in [9.17, 15) is 0 Å². The number of likely N-dealkylation sites (N-methyl/N-ethyl adjacent to an activating group) is 1. The third kappa shape index (κ3) is 2.17. The Morgan fingerprint density at radius 2 is 2.38 bits per heavy atom. The van der Waals surface area contributed by atoms with Crippen LogP contribution in [0.3, 0.4) is 0 Å². The Bertz CT molecular complexity index is 286. The minimum atomic E-state index is 0.523. The van der Waals surface area contributed by atoms with Crippen LogP contribution in [-0.4, -0.2) is 41.3 Å². The van der Waals surface area contributed by atoms with E-state index in [1.165, 1.54) is 11.3 Å². The third-order valence-electron chi connectivity index (χ3n) is 2.21. The van der Waals surface area contributed by atoms with Gasteiger partial charge in [-0.1, -0.05) is 11.3 Å². The number of hydrogen-bond acceptors (Lipinski definition) is 5. The van der Waals surface area contributed by atoms with Gasteiger partial charge in [-0.05, 0) is 18.6 Å². The van der Waals surface area contributed by atoms with Crippen molar-refractivity contribution in [3.63, 3.8) is 0 Å². The Kier molecular flexibility index (Phi) is 2.78. The number of rotatable bonds is 3. The minimum Gasteiger partial charge on any atom is -0.314 e. The first-order valence-corrected chi connectivity index (χ1v) is 5.34. The van der Waals surface area contributed by atoms with Gasteiger partial charge in [0.25, 0.3) is 0 Å². The minimum absolute atomic E-state index is 0.523. The predicted octanol–water partition coefficient (Wildman–Crippen LogP) is 0.595. The molecule has 0 unspecified atom stereocenters. The molecule has 72 valence electrons. The van der Waals surface area contributed by atoms with E-state index in [4.69, 9.17) is 11.6 Å². The lowest BCUT2D eigenvalue weighted by molar-refractivity contribution is 0.172. The molecule has 0 aromatic carbocycles. The molecule has 1 aliphatic heterocycles. The quantitative estimate of drug-likeness (QED) is 0.807. The Labute approximate surface area is 85.9 Å². The van der Waals surface area contributed by atoms with Crippen molar-refractivity contribution in [1.82, 2.24) is 20.4 Å². The van der Waals surface area contributed by atoms with E-state index >= 15 is 0 Å². The van der Waals surface area contributed by atoms with Crippen molar-refractivity contribution in [2.45, 2.75) is 12.6 Å². The SMILES string of the molecule is CN(Cc1nnc(Cl)s1)C1CNC1. The molecule has 1 aromatic rings. The molecule has 0 bridgehead atoms. The van der Waals surface area contributed by atoms with Gasteiger partial charge in [0.05, 0.1) is 6.54 Å². The monoisotopic (exact) mass is 218 g/mol. The fourth-order valence-corrected chi connectivity index (χ4v) is 2.16. The van der Waals surface area contributed by atoms with Crippen LogP contribution in [0.4, 0.5) is 0 Å². The van der Waals surface area contributed by atoms with E-state index in [2.05, 4.69) is 27.5 Å². The summed E-state index contributed by atoms with van der Waals surface area (Å²) in [6, 6.07) is 0.641. The van der Waals surface area contributed by atoms with Gasteiger partial charge in [-0.15, -0.1) is 10.2 Å². The molecule has 0 spiro atoms. The molecule has 1 fully saturated rings. The molecule has 6 heteroatoms. The van der Waals surface area contributed by atoms with Crippen molar-refractivity contribution in [2.24, 2.45) is 0 Å². The molecule has 0 aliphatic carbocycles. The van der Waals surface area contributed by atoms with Crippen LogP contribution in [0.25, 0.3) is 0 Å². The molecule has 1 saturated heterocycles. The summed E-state index contributed by atoms with van der Waals surface area (Å²) in [4.78, 5) is 2.27. The lowest BCUT2D eigenvalue weighted by Crippen LogP contribution is -2.55. The molecule has 1 N–H and O–H groups in total. The molecule has 0 amide bonds. The number of nitrogens with one attached hydrogen (secondary N) is 1. The molecule has 0 saturated carbocycles. The van der Waals surface area contributed by atoms with Crippen molar-refractivity contribution >= 4 is 22.9 Å². The lowest BCUT2D eigenvalue weighted by Gasteiger charge is -2.34. The first kappa shape index (κ1) is 9.33. The second-order valence-corrected chi connectivity index (χ2v) is 4.82. The molecule has 0 radical (unpaired) electrons. The van der Waals surface area contributed by atoms with Crippen molar-refractivity contribution in [3.05, 3.63) is 9.47 Å². The lowest BCUT2D eigenvalue weighted by atomic mass is 10.1. The van der Waals surface area contributed by atoms with Crippen molar-refractivity contribution < 1.29 is 0 Å². The van der Waals surface area contributed by atoms with E-state index in [-0.39, 0.29) is 0 Å². The number of nitrogens with zero attached hydrogens (tertiary/aromatic N) is 3. The molecule has 0 atom stereocenters. The zero-order valence-electron chi connectivity index (χ0n) is 7.33. The largest absolute Gasteiger partial charge is 0.314 e. The van der Waals surface area contributed by atoms with Gasteiger partial charge >= 0.3 is 0 Å². The fraction of sp³-hybridized carbons (Fsp3) is 0.714. The Balaban J connectivity index is 1.89. The molecular weight excluding hydrogens is 208 g/mol. The Hall–Kier alpha value is -0.230. The van der Waals surface area contributed by atoms with E-state index in [1.807, 2.05) is 0 Å². The highest BCUT2D eigenvalue weighted by Crippen LogP contribution is 2.17. The fourth-order valence-electron chi connectivity index (χ4n) is 1.22. The van der Waals surface area contributed by atoms with Crippen LogP contribution < -0.4 is 5.32 Å². The summed E-state index contributed by atoms with van der Waals surface area (Å²) in [5.74, 6) is 0. The van der Waals surface area contributed by atoms with Crippen molar-refractivity contribution in [2.75, 3.05) is 20.1 Å². The van der Waals surface area contributed by atoms with E-state index in [0.717, 1.165) is 24.6 Å². The van der Waals surface area contributed by atoms with Gasteiger partial charge in [-0.3, -0.25) is 4.90 Å². The van der Waals surface area contributed by atoms with Gasteiger partial charge in [0.2, 0.25) is 4.47 Å². The summed E-state index contributed by atoms with van der Waals surface area (Å²) < 4.78 is 0.523. The second kappa shape index (κ2) is 3.88. The number of halogens is 1. The van der Waals surface area contributed by atoms with Crippen LogP contribution >= 0.6 is 22.9 Å². The van der Waals surface area contributed by atoms with Gasteiger partial charge in [0.1, 0.15) is 5.01 Å². The van der Waals surface area contributed by atoms with Crippen molar-refractivity contribution in [1.29, 1.82) is 0 Å². The number of hydrogen-bond donors (Lipinski definition) is 1. The predicted molar refractivity (Wildman–Crippen MR) is 53.0 cm³/mol. The molecule has 1 aliphatic rings. The Morgan fingerprint density at radius 1 is 1.62 bits per heavy atom. The molecule has 1 aromatic heterocycles. The van der Waals surface area contributed by atoms with Crippen molar-refractivity contribution in [3.8, 4) is 0 Å². The maximum Gasteiger partial charge on any atom is 0.207 e. The zero-order valence-corrected chi connectivity index (χ0v) is 8.90. The normalized spacial score (nSPS) is 17.8. The van der Waals surface area contributed by atoms with Crippen LogP contribution in [-0.2, 0) is 6.54 Å². The van der Waals surface area contributed by atoms with E-state index in [1.54, 1.807) is 0 Å². The van der Waals surface area contributed by atoms with Gasteiger partial charge in [0, 0.05) is 19.1 Å². The highest BCUT2D eigenvalue weighted by molar-refractivity contribution is 7.15. The summed E-state index contributed by atoms with van der Waals surface area (Å²) in [6.07, 6.45) is 0. The standard InChI is InChI=1S/C7H11ClN4S/c1-12(5-2-9-3-5)4-6-10-11-7(8)13-6/h5,9H,2-4H2,1H3. The summed E-state index contributed by atoms with van der Waals surface area (Å²) >= 11 is 7.13. The van der Waals surface area contributed by atoms with Crippen LogP contribution in [0.15, 0.2) is 0 Å². The van der Waals surface area contributed by atoms with E-state index in [0.29, 0.717) is 10.5 Å². The molecule has 2 heterocycles. The van der Waals surface area contributed by atoms with Crippen LogP contribution in [0.2, 0.25) is 4.47 Å². The van der Waals surface area contributed by atoms with Gasteiger partial charge in [0.15, 0.2) is 0 Å². The van der Waals surface area contributed by atoms with Crippen LogP contribution in [0, 0.1) is 0 Å². The summed E-state index contributed by atoms with van der Waals surface area (Å²) in [7, 11) is 2.10. The average Bonchev–Trinajstić information content (AvgIpc) is 2.31. The number of aromatic nitrogens is 2. The first-order chi connectivity index (χ1) is 6.25. The van der Waals surface area contributed by atoms with Crippen LogP contribution in [0.5, 0.6) is 0 Å². The smallest absolute Gasteiger partial charge is 0.207 e. The maximum absolute atomic E-state index is 5.69. The average molecular weight is 219 g/mol. The highest BCUT2D eigenvalue weighted by Gasteiger charge is 2.22. The van der Waals surface area contributed by atoms with Crippen LogP contribution in [0.1, 0.15) is 5.01 Å². The highest BCUT2D eigenvalue weighted by atomic mass is 35.5. The van der Waals surface area contributed by atoms with Gasteiger partial charge in [-0.2, -0.15) is 0 Å². The summed E-state index contributed by atoms with van der Waals surface area (Å²) in [5.41, 5.74) is 0. The zero-order chi connectivity index (χ0) is 9.26. The summed E-state index contributed by atoms with van der Waals surface area (Å²) in [6.45, 7) is 2.99. The third-order valence-corrected chi connectivity index (χ3v) is 3.21. The Morgan fingerprint density at radius 3 is 2.85 bits per heavy atom. The maximum atomic E-state index is 5.69. The molecule has 2 rings (SSSR count). The second-order valence-electron chi connectivity index (χ2n) is 3.18. The van der Waals surface area contributed by atoms with E-state index < -0.39 is 0 Å². The topological polar surface area (TPSA) is 41.1 Å². The molecular formula is C7H11ClN4S. The van der Waals surface area contributed by atoms with Gasteiger partial charge < -0.3 is 5.32 Å². The first-order valence-electron chi connectivity index (χ1n) is 4.14. The summed E-state index contributed by atoms with van der Waals surface area (Å²) in [5, 5.41) is 12.0.